The maximum Gasteiger partial charge on any atom is 0.342 e. The molecule has 0 bridgehead atoms. The molecule has 3 N–H and O–H groups in total. The topological polar surface area (TPSA) is 101 Å². The molecular formula is C18H25N5O3S. The largest absolute Gasteiger partial charge is 0.497 e. The van der Waals surface area contributed by atoms with Gasteiger partial charge in [0.25, 0.3) is 5.91 Å². The number of thiazole rings is 1. The van der Waals surface area contributed by atoms with E-state index in [1.807, 2.05) is 32.0 Å². The summed E-state index contributed by atoms with van der Waals surface area (Å²) in [5.41, 5.74) is 6.85. The summed E-state index contributed by atoms with van der Waals surface area (Å²) in [6.45, 7) is 4.91. The van der Waals surface area contributed by atoms with Gasteiger partial charge in [0.15, 0.2) is 5.13 Å². The lowest BCUT2D eigenvalue weighted by molar-refractivity contribution is -0.142. The van der Waals surface area contributed by atoms with Crippen molar-refractivity contribution in [3.8, 4) is 5.75 Å². The van der Waals surface area contributed by atoms with Crippen molar-refractivity contribution in [3.63, 3.8) is 0 Å². The molecule has 2 heterocycles. The van der Waals surface area contributed by atoms with Crippen LogP contribution >= 0.6 is 11.3 Å². The summed E-state index contributed by atoms with van der Waals surface area (Å²) in [5, 5.41) is 6.17. The van der Waals surface area contributed by atoms with Crippen LogP contribution < -0.4 is 15.8 Å². The van der Waals surface area contributed by atoms with Crippen molar-refractivity contribution in [1.29, 1.82) is 0 Å². The molecule has 0 aliphatic carbocycles. The van der Waals surface area contributed by atoms with Crippen LogP contribution in [0, 0.1) is 5.92 Å². The van der Waals surface area contributed by atoms with Gasteiger partial charge in [0.1, 0.15) is 5.75 Å². The number of hydrazine groups is 1. The van der Waals surface area contributed by atoms with Crippen molar-refractivity contribution in [2.45, 2.75) is 32.7 Å². The SMILES string of the molecule is CCC(C)C(N)C(=O)N1CCCN1C(=O)Nc1nc2ccc(OC)cc2s1. The van der Waals surface area contributed by atoms with Gasteiger partial charge in [-0.3, -0.25) is 10.1 Å². The molecule has 27 heavy (non-hydrogen) atoms. The summed E-state index contributed by atoms with van der Waals surface area (Å²) in [4.78, 5) is 29.8. The van der Waals surface area contributed by atoms with E-state index in [4.69, 9.17) is 10.5 Å². The second-order valence-electron chi connectivity index (χ2n) is 6.63. The van der Waals surface area contributed by atoms with E-state index >= 15 is 0 Å². The second kappa shape index (κ2) is 8.10. The number of nitrogens with two attached hydrogens (primary N) is 1. The maximum absolute atomic E-state index is 12.7. The van der Waals surface area contributed by atoms with E-state index < -0.39 is 6.04 Å². The Labute approximate surface area is 162 Å². The highest BCUT2D eigenvalue weighted by atomic mass is 32.1. The Morgan fingerprint density at radius 1 is 1.37 bits per heavy atom. The van der Waals surface area contributed by atoms with Gasteiger partial charge in [0.05, 0.1) is 23.4 Å². The Kier molecular flexibility index (Phi) is 5.81. The number of urea groups is 1. The van der Waals surface area contributed by atoms with E-state index in [2.05, 4.69) is 10.3 Å². The first-order chi connectivity index (χ1) is 12.9. The quantitative estimate of drug-likeness (QED) is 0.816. The van der Waals surface area contributed by atoms with Crippen LogP contribution in [0.4, 0.5) is 9.93 Å². The van der Waals surface area contributed by atoms with Crippen molar-refractivity contribution in [3.05, 3.63) is 18.2 Å². The van der Waals surface area contributed by atoms with Gasteiger partial charge in [-0.1, -0.05) is 31.6 Å². The Balaban J connectivity index is 1.72. The number of hydrogen-bond donors (Lipinski definition) is 2. The number of ether oxygens (including phenoxy) is 1. The van der Waals surface area contributed by atoms with Crippen molar-refractivity contribution >= 4 is 38.6 Å². The predicted octanol–water partition coefficient (Wildman–Crippen LogP) is 2.66. The van der Waals surface area contributed by atoms with Gasteiger partial charge in [-0.05, 0) is 30.5 Å². The summed E-state index contributed by atoms with van der Waals surface area (Å²) in [7, 11) is 1.61. The zero-order valence-corrected chi connectivity index (χ0v) is 16.6. The third-order valence-corrected chi connectivity index (χ3v) is 5.81. The average Bonchev–Trinajstić information content (AvgIpc) is 3.31. The number of fused-ring (bicyclic) bond motifs is 1. The Hall–Kier alpha value is -2.39. The predicted molar refractivity (Wildman–Crippen MR) is 106 cm³/mol. The van der Waals surface area contributed by atoms with Gasteiger partial charge in [-0.15, -0.1) is 0 Å². The number of anilines is 1. The van der Waals surface area contributed by atoms with Crippen LogP contribution in [0.2, 0.25) is 0 Å². The summed E-state index contributed by atoms with van der Waals surface area (Å²) < 4.78 is 6.13. The molecule has 1 aromatic heterocycles. The summed E-state index contributed by atoms with van der Waals surface area (Å²) in [6.07, 6.45) is 1.53. The highest BCUT2D eigenvalue weighted by Gasteiger charge is 2.35. The van der Waals surface area contributed by atoms with Gasteiger partial charge in [0.2, 0.25) is 0 Å². The third-order valence-electron chi connectivity index (χ3n) is 4.87. The molecule has 1 fully saturated rings. The van der Waals surface area contributed by atoms with Gasteiger partial charge < -0.3 is 10.5 Å². The number of benzene rings is 1. The minimum atomic E-state index is -0.613. The van der Waals surface area contributed by atoms with Crippen LogP contribution in [-0.2, 0) is 4.79 Å². The Morgan fingerprint density at radius 2 is 2.11 bits per heavy atom. The molecule has 0 spiro atoms. The zero-order chi connectivity index (χ0) is 19.6. The zero-order valence-electron chi connectivity index (χ0n) is 15.8. The van der Waals surface area contributed by atoms with E-state index in [-0.39, 0.29) is 17.9 Å². The molecule has 3 rings (SSSR count). The lowest BCUT2D eigenvalue weighted by Gasteiger charge is -2.31. The highest BCUT2D eigenvalue weighted by molar-refractivity contribution is 7.22. The lowest BCUT2D eigenvalue weighted by Crippen LogP contribution is -2.53. The van der Waals surface area contributed by atoms with Crippen LogP contribution in [0.3, 0.4) is 0 Å². The fraction of sp³-hybridized carbons (Fsp3) is 0.500. The number of aromatic nitrogens is 1. The summed E-state index contributed by atoms with van der Waals surface area (Å²) in [6, 6.07) is 4.56. The van der Waals surface area contributed by atoms with Gasteiger partial charge in [0, 0.05) is 13.1 Å². The van der Waals surface area contributed by atoms with Crippen LogP contribution in [-0.4, -0.2) is 53.2 Å². The van der Waals surface area contributed by atoms with Crippen LogP contribution in [0.1, 0.15) is 26.7 Å². The number of hydrogen-bond acceptors (Lipinski definition) is 6. The molecule has 2 unspecified atom stereocenters. The average molecular weight is 391 g/mol. The van der Waals surface area contributed by atoms with E-state index in [0.29, 0.717) is 18.2 Å². The van der Waals surface area contributed by atoms with E-state index in [9.17, 15) is 9.59 Å². The van der Waals surface area contributed by atoms with Gasteiger partial charge >= 0.3 is 6.03 Å². The van der Waals surface area contributed by atoms with Gasteiger partial charge in [-0.2, -0.15) is 0 Å². The number of rotatable bonds is 5. The van der Waals surface area contributed by atoms with Gasteiger partial charge in [-0.25, -0.2) is 19.8 Å². The molecule has 1 aliphatic heterocycles. The van der Waals surface area contributed by atoms with Crippen molar-refractivity contribution < 1.29 is 14.3 Å². The minimum absolute atomic E-state index is 0.0576. The molecule has 1 saturated heterocycles. The number of carbonyl (C=O) groups is 2. The molecule has 146 valence electrons. The number of methoxy groups -OCH3 is 1. The first-order valence-electron chi connectivity index (χ1n) is 9.04. The minimum Gasteiger partial charge on any atom is -0.497 e. The molecule has 1 aromatic carbocycles. The molecule has 9 heteroatoms. The van der Waals surface area contributed by atoms with Crippen LogP contribution in [0.25, 0.3) is 10.2 Å². The number of nitrogens with one attached hydrogen (secondary N) is 1. The number of amides is 3. The first kappa shape index (κ1) is 19.4. The molecule has 2 aromatic rings. The second-order valence-corrected chi connectivity index (χ2v) is 7.66. The molecule has 0 saturated carbocycles. The molecule has 3 amide bonds. The van der Waals surface area contributed by atoms with Crippen molar-refractivity contribution in [2.24, 2.45) is 11.7 Å². The summed E-state index contributed by atoms with van der Waals surface area (Å²) in [5.74, 6) is 0.577. The number of carbonyl (C=O) groups excluding carboxylic acids is 2. The fourth-order valence-corrected chi connectivity index (χ4v) is 3.85. The lowest BCUT2D eigenvalue weighted by atomic mass is 9.99. The van der Waals surface area contributed by atoms with E-state index in [0.717, 1.165) is 28.8 Å². The monoisotopic (exact) mass is 391 g/mol. The van der Waals surface area contributed by atoms with Crippen molar-refractivity contribution in [2.75, 3.05) is 25.5 Å². The number of nitrogens with zero attached hydrogens (tertiary/aromatic N) is 3. The third kappa shape index (κ3) is 3.98. The van der Waals surface area contributed by atoms with E-state index in [1.165, 1.54) is 21.4 Å². The van der Waals surface area contributed by atoms with E-state index in [1.54, 1.807) is 7.11 Å². The Morgan fingerprint density at radius 3 is 2.81 bits per heavy atom. The summed E-state index contributed by atoms with van der Waals surface area (Å²) >= 11 is 1.36. The normalized spacial score (nSPS) is 16.4. The fourth-order valence-electron chi connectivity index (χ4n) is 2.96. The first-order valence-corrected chi connectivity index (χ1v) is 9.86. The Bertz CT molecular complexity index is 840. The molecule has 8 nitrogen and oxygen atoms in total. The molecule has 1 aliphatic rings. The molecule has 0 radical (unpaired) electrons. The van der Waals surface area contributed by atoms with Crippen LogP contribution in [0.5, 0.6) is 5.75 Å². The maximum atomic E-state index is 12.7. The standard InChI is InChI=1S/C18H25N5O3S/c1-4-11(2)15(19)16(24)22-8-5-9-23(22)18(25)21-17-20-13-7-6-12(26-3)10-14(13)27-17/h6-7,10-11,15H,4-5,8-9,19H2,1-3H3,(H,20,21,25). The molecular weight excluding hydrogens is 366 g/mol. The molecule has 2 atom stereocenters. The van der Waals surface area contributed by atoms with Crippen LogP contribution in [0.15, 0.2) is 18.2 Å². The highest BCUT2D eigenvalue weighted by Crippen LogP contribution is 2.29. The van der Waals surface area contributed by atoms with Crippen molar-refractivity contribution in [1.82, 2.24) is 15.0 Å². The smallest absolute Gasteiger partial charge is 0.342 e.